The van der Waals surface area contributed by atoms with E-state index < -0.39 is 56.4 Å². The van der Waals surface area contributed by atoms with E-state index in [9.17, 15) is 28.0 Å². The summed E-state index contributed by atoms with van der Waals surface area (Å²) in [6.07, 6.45) is -5.50. The lowest BCUT2D eigenvalue weighted by Crippen LogP contribution is -2.42. The van der Waals surface area contributed by atoms with Crippen molar-refractivity contribution in [3.05, 3.63) is 89.0 Å². The second-order valence-corrected chi connectivity index (χ2v) is 10.5. The van der Waals surface area contributed by atoms with Gasteiger partial charge in [-0.1, -0.05) is 48.5 Å². The zero-order chi connectivity index (χ0) is 28.9. The van der Waals surface area contributed by atoms with Crippen molar-refractivity contribution in [3.8, 4) is 5.75 Å². The molecule has 0 radical (unpaired) electrons. The maximum atomic E-state index is 14.9. The largest absolute Gasteiger partial charge is 0.460 e. The van der Waals surface area contributed by atoms with E-state index in [-0.39, 0.29) is 18.2 Å². The summed E-state index contributed by atoms with van der Waals surface area (Å²) >= 11 is 0. The number of esters is 1. The summed E-state index contributed by atoms with van der Waals surface area (Å²) in [5.74, 6) is -4.85. The van der Waals surface area contributed by atoms with E-state index >= 15 is 0 Å². The van der Waals surface area contributed by atoms with Gasteiger partial charge in [0.1, 0.15) is 30.3 Å². The molecule has 1 fully saturated rings. The first-order valence-electron chi connectivity index (χ1n) is 12.0. The molecule has 0 amide bonds. The number of nitrogen functional groups attached to an aromatic ring is 1. The molecule has 3 aromatic rings. The lowest BCUT2D eigenvalue weighted by atomic mass is 10.1. The maximum absolute atomic E-state index is 14.9. The van der Waals surface area contributed by atoms with Crippen LogP contribution in [0.25, 0.3) is 0 Å². The second kappa shape index (κ2) is 12.2. The fourth-order valence-electron chi connectivity index (χ4n) is 3.74. The van der Waals surface area contributed by atoms with Crippen LogP contribution in [0.15, 0.2) is 77.7 Å². The number of benzene rings is 2. The summed E-state index contributed by atoms with van der Waals surface area (Å²) < 4.78 is 65.3. The van der Waals surface area contributed by atoms with Crippen molar-refractivity contribution >= 4 is 19.5 Å². The summed E-state index contributed by atoms with van der Waals surface area (Å²) in [6.45, 7) is 0.435. The highest BCUT2D eigenvalue weighted by molar-refractivity contribution is 7.52. The fourth-order valence-corrected chi connectivity index (χ4v) is 5.24. The first-order chi connectivity index (χ1) is 19.0. The van der Waals surface area contributed by atoms with Crippen molar-refractivity contribution < 1.29 is 41.8 Å². The molecule has 2 aromatic carbocycles. The van der Waals surface area contributed by atoms with Crippen LogP contribution in [0, 0.1) is 0 Å². The predicted molar refractivity (Wildman–Crippen MR) is 137 cm³/mol. The number of nitrogens with zero attached hydrogens (tertiary/aromatic N) is 2. The SMILES string of the molecule is C[C@H](N[P@@](=O)(OCC1OC(n2ccc(N)nc2=O)C(F)(F)C1O)Oc1ccccc1)C(=O)OCc1ccccc1. The molecule has 1 aromatic heterocycles. The molecule has 3 unspecified atom stereocenters. The quantitative estimate of drug-likeness (QED) is 0.226. The molecule has 1 aliphatic rings. The van der Waals surface area contributed by atoms with Crippen LogP contribution in [0.1, 0.15) is 18.7 Å². The number of aromatic nitrogens is 2. The van der Waals surface area contributed by atoms with Gasteiger partial charge in [0.2, 0.25) is 6.23 Å². The number of halogens is 2. The monoisotopic (exact) mass is 580 g/mol. The number of nitrogens with one attached hydrogen (secondary N) is 1. The molecule has 0 saturated carbocycles. The average molecular weight is 580 g/mol. The number of hydrogen-bond donors (Lipinski definition) is 3. The lowest BCUT2D eigenvalue weighted by molar-refractivity contribution is -0.146. The van der Waals surface area contributed by atoms with Crippen LogP contribution in [0.5, 0.6) is 5.75 Å². The Morgan fingerprint density at radius 1 is 1.20 bits per heavy atom. The molecule has 5 atom stereocenters. The van der Waals surface area contributed by atoms with Crippen LogP contribution in [0.4, 0.5) is 14.6 Å². The van der Waals surface area contributed by atoms with Gasteiger partial charge >= 0.3 is 25.3 Å². The van der Waals surface area contributed by atoms with Gasteiger partial charge in [0.25, 0.3) is 0 Å². The average Bonchev–Trinajstić information content (AvgIpc) is 3.15. The van der Waals surface area contributed by atoms with Gasteiger partial charge in [-0.05, 0) is 30.7 Å². The number of rotatable bonds is 11. The number of hydrogen-bond acceptors (Lipinski definition) is 10. The summed E-state index contributed by atoms with van der Waals surface area (Å²) in [7, 11) is -4.46. The van der Waals surface area contributed by atoms with Gasteiger partial charge in [0.05, 0.1) is 6.61 Å². The molecule has 4 N–H and O–H groups in total. The van der Waals surface area contributed by atoms with Gasteiger partial charge in [-0.2, -0.15) is 18.9 Å². The van der Waals surface area contributed by atoms with Crippen molar-refractivity contribution in [2.75, 3.05) is 12.3 Å². The molecular formula is C25H27F2N4O8P. The van der Waals surface area contributed by atoms with Crippen LogP contribution in [0.2, 0.25) is 0 Å². The third-order valence-corrected chi connectivity index (χ3v) is 7.43. The normalized spacial score (nSPS) is 22.2. The van der Waals surface area contributed by atoms with E-state index in [0.29, 0.717) is 4.57 Å². The number of nitrogens with two attached hydrogens (primary N) is 1. The Balaban J connectivity index is 1.47. The minimum Gasteiger partial charge on any atom is -0.460 e. The predicted octanol–water partition coefficient (Wildman–Crippen LogP) is 2.64. The minimum atomic E-state index is -4.46. The third kappa shape index (κ3) is 6.90. The van der Waals surface area contributed by atoms with Gasteiger partial charge in [-0.25, -0.2) is 9.36 Å². The Hall–Kier alpha value is -3.68. The van der Waals surface area contributed by atoms with E-state index in [1.165, 1.54) is 19.1 Å². The molecular weight excluding hydrogens is 553 g/mol. The van der Waals surface area contributed by atoms with Gasteiger partial charge in [0, 0.05) is 6.20 Å². The van der Waals surface area contributed by atoms with Gasteiger partial charge in [-0.3, -0.25) is 13.9 Å². The molecule has 0 bridgehead atoms. The maximum Gasteiger partial charge on any atom is 0.459 e. The molecule has 0 spiro atoms. The van der Waals surface area contributed by atoms with Gasteiger partial charge in [0.15, 0.2) is 6.10 Å². The van der Waals surface area contributed by atoms with E-state index in [1.807, 2.05) is 0 Å². The highest BCUT2D eigenvalue weighted by atomic mass is 31.2. The van der Waals surface area contributed by atoms with E-state index in [4.69, 9.17) is 24.3 Å². The standard InChI is InChI=1S/C25H27F2N4O8P/c1-16(22(33)36-14-17-8-4-2-5-9-17)30-40(35,39-18-10-6-3-7-11-18)37-15-19-21(32)25(26,27)23(38-19)31-13-12-20(28)29-24(31)34/h2-13,16,19,21,23,32H,14-15H2,1H3,(H,30,35)(H2,28,29,34)/t16-,19?,21?,23?,40+/m0/s1. The Morgan fingerprint density at radius 3 is 2.50 bits per heavy atom. The second-order valence-electron chi connectivity index (χ2n) is 8.83. The van der Waals surface area contributed by atoms with E-state index in [0.717, 1.165) is 17.8 Å². The first kappa shape index (κ1) is 29.3. The zero-order valence-corrected chi connectivity index (χ0v) is 22.0. The Morgan fingerprint density at radius 2 is 1.85 bits per heavy atom. The molecule has 1 aliphatic heterocycles. The van der Waals surface area contributed by atoms with Crippen LogP contribution in [-0.4, -0.2) is 51.4 Å². The molecule has 2 heterocycles. The third-order valence-electron chi connectivity index (χ3n) is 5.79. The minimum absolute atomic E-state index is 0.0473. The van der Waals surface area contributed by atoms with Crippen LogP contribution >= 0.6 is 7.75 Å². The fraction of sp³-hybridized carbons (Fsp3) is 0.320. The van der Waals surface area contributed by atoms with Crippen LogP contribution in [-0.2, 0) is 30.0 Å². The van der Waals surface area contributed by atoms with E-state index in [2.05, 4.69) is 10.1 Å². The number of carbonyl (C=O) groups is 1. The van der Waals surface area contributed by atoms with Crippen molar-refractivity contribution in [2.45, 2.75) is 43.9 Å². The van der Waals surface area contributed by atoms with Gasteiger partial charge < -0.3 is 24.8 Å². The molecule has 40 heavy (non-hydrogen) atoms. The molecule has 1 saturated heterocycles. The topological polar surface area (TPSA) is 164 Å². The van der Waals surface area contributed by atoms with Crippen molar-refractivity contribution in [3.63, 3.8) is 0 Å². The molecule has 15 heteroatoms. The van der Waals surface area contributed by atoms with Crippen molar-refractivity contribution in [1.82, 2.24) is 14.6 Å². The summed E-state index contributed by atoms with van der Waals surface area (Å²) in [5.41, 5.74) is 5.01. The number of carbonyl (C=O) groups excluding carboxylic acids is 1. The van der Waals surface area contributed by atoms with Crippen molar-refractivity contribution in [2.24, 2.45) is 0 Å². The highest BCUT2D eigenvalue weighted by Gasteiger charge is 2.60. The summed E-state index contributed by atoms with van der Waals surface area (Å²) in [6, 6.07) is 16.5. The number of para-hydroxylation sites is 1. The van der Waals surface area contributed by atoms with Gasteiger partial charge in [-0.15, -0.1) is 0 Å². The molecule has 12 nitrogen and oxygen atoms in total. The number of alkyl halides is 2. The van der Waals surface area contributed by atoms with E-state index in [1.54, 1.807) is 48.5 Å². The van der Waals surface area contributed by atoms with Crippen LogP contribution < -0.4 is 21.0 Å². The smallest absolute Gasteiger partial charge is 0.459 e. The highest BCUT2D eigenvalue weighted by Crippen LogP contribution is 2.48. The lowest BCUT2D eigenvalue weighted by Gasteiger charge is -2.24. The number of aliphatic hydroxyl groups is 1. The number of ether oxygens (including phenoxy) is 2. The Bertz CT molecular complexity index is 1410. The Kier molecular flexibility index (Phi) is 8.96. The zero-order valence-electron chi connectivity index (χ0n) is 21.1. The number of aliphatic hydroxyl groups excluding tert-OH is 1. The number of anilines is 1. The summed E-state index contributed by atoms with van der Waals surface area (Å²) in [4.78, 5) is 28.1. The summed E-state index contributed by atoms with van der Waals surface area (Å²) in [5, 5.41) is 12.7. The molecule has 214 valence electrons. The Labute approximate surface area is 227 Å². The molecule has 4 rings (SSSR count). The molecule has 0 aliphatic carbocycles. The first-order valence-corrected chi connectivity index (χ1v) is 13.6. The van der Waals surface area contributed by atoms with Crippen molar-refractivity contribution in [1.29, 1.82) is 0 Å². The van der Waals surface area contributed by atoms with Crippen LogP contribution in [0.3, 0.4) is 0 Å².